The zero-order valence-electron chi connectivity index (χ0n) is 14.0. The normalized spacial score (nSPS) is 14.3. The Labute approximate surface area is 142 Å². The number of benzene rings is 1. The number of nitrogens with one attached hydrogen (secondary N) is 1. The third-order valence-corrected chi connectivity index (χ3v) is 4.15. The molecule has 126 valence electrons. The monoisotopic (exact) mass is 325 g/mol. The Morgan fingerprint density at radius 1 is 1.17 bits per heavy atom. The summed E-state index contributed by atoms with van der Waals surface area (Å²) in [6.45, 7) is 4.41. The average molecular weight is 325 g/mol. The van der Waals surface area contributed by atoms with Crippen molar-refractivity contribution in [2.75, 3.05) is 29.9 Å². The summed E-state index contributed by atoms with van der Waals surface area (Å²) in [6, 6.07) is 11.4. The molecule has 0 aliphatic carbocycles. The maximum Gasteiger partial charge on any atom is 0.261 e. The molecule has 1 aromatic heterocycles. The van der Waals surface area contributed by atoms with Gasteiger partial charge in [-0.2, -0.15) is 0 Å². The van der Waals surface area contributed by atoms with Crippen molar-refractivity contribution < 1.29 is 9.53 Å². The molecule has 24 heavy (non-hydrogen) atoms. The van der Waals surface area contributed by atoms with Gasteiger partial charge in [0.05, 0.1) is 18.0 Å². The number of piperidine rings is 1. The molecular formula is C19H23N3O2. The third-order valence-electron chi connectivity index (χ3n) is 4.15. The number of para-hydroxylation sites is 2. The van der Waals surface area contributed by atoms with Crippen molar-refractivity contribution in [2.45, 2.75) is 26.2 Å². The van der Waals surface area contributed by atoms with E-state index in [-0.39, 0.29) is 5.91 Å². The fraction of sp³-hybridized carbons (Fsp3) is 0.368. The van der Waals surface area contributed by atoms with Gasteiger partial charge in [0.2, 0.25) is 5.88 Å². The van der Waals surface area contributed by atoms with Crippen molar-refractivity contribution in [3.63, 3.8) is 0 Å². The van der Waals surface area contributed by atoms with Crippen molar-refractivity contribution in [1.82, 2.24) is 4.98 Å². The fourth-order valence-corrected chi connectivity index (χ4v) is 2.99. The van der Waals surface area contributed by atoms with Crippen LogP contribution in [-0.4, -0.2) is 30.6 Å². The zero-order valence-corrected chi connectivity index (χ0v) is 14.0. The number of carbonyl (C=O) groups excluding carboxylic acids is 1. The first-order valence-electron chi connectivity index (χ1n) is 8.52. The molecule has 5 nitrogen and oxygen atoms in total. The molecule has 0 saturated carbocycles. The first-order valence-corrected chi connectivity index (χ1v) is 8.52. The van der Waals surface area contributed by atoms with E-state index in [0.29, 0.717) is 18.1 Å². The molecule has 0 radical (unpaired) electrons. The van der Waals surface area contributed by atoms with Crippen LogP contribution in [0.25, 0.3) is 0 Å². The number of rotatable bonds is 5. The first kappa shape index (κ1) is 16.3. The molecule has 5 heteroatoms. The van der Waals surface area contributed by atoms with Crippen LogP contribution >= 0.6 is 0 Å². The van der Waals surface area contributed by atoms with Gasteiger partial charge in [-0.3, -0.25) is 4.79 Å². The zero-order chi connectivity index (χ0) is 16.8. The molecule has 1 aliphatic heterocycles. The number of pyridine rings is 1. The van der Waals surface area contributed by atoms with E-state index in [1.165, 1.54) is 19.3 Å². The third kappa shape index (κ3) is 3.67. The summed E-state index contributed by atoms with van der Waals surface area (Å²) in [7, 11) is 0. The number of carbonyl (C=O) groups is 1. The van der Waals surface area contributed by atoms with Gasteiger partial charge in [0.25, 0.3) is 5.91 Å². The Morgan fingerprint density at radius 2 is 1.96 bits per heavy atom. The number of anilines is 2. The van der Waals surface area contributed by atoms with Crippen LogP contribution in [0, 0.1) is 0 Å². The number of ether oxygens (including phenoxy) is 1. The second-order valence-corrected chi connectivity index (χ2v) is 5.81. The van der Waals surface area contributed by atoms with Gasteiger partial charge in [0.15, 0.2) is 0 Å². The summed E-state index contributed by atoms with van der Waals surface area (Å²) in [5.41, 5.74) is 2.36. The van der Waals surface area contributed by atoms with Crippen LogP contribution in [0.15, 0.2) is 42.6 Å². The van der Waals surface area contributed by atoms with Crippen LogP contribution < -0.4 is 15.0 Å². The standard InChI is InChI=1S/C19H23N3O2/c1-2-24-19-15(9-8-12-20-19)18(23)21-16-10-4-5-11-17(16)22-13-6-3-7-14-22/h4-5,8-12H,2-3,6-7,13-14H2,1H3,(H,21,23). The van der Waals surface area contributed by atoms with Crippen LogP contribution in [0.4, 0.5) is 11.4 Å². The van der Waals surface area contributed by atoms with Crippen LogP contribution in [0.1, 0.15) is 36.5 Å². The summed E-state index contributed by atoms with van der Waals surface area (Å²) in [5, 5.41) is 3.02. The lowest BCUT2D eigenvalue weighted by Crippen LogP contribution is -2.30. The molecule has 1 amide bonds. The number of hydrogen-bond donors (Lipinski definition) is 1. The van der Waals surface area contributed by atoms with E-state index in [4.69, 9.17) is 4.74 Å². The smallest absolute Gasteiger partial charge is 0.261 e. The van der Waals surface area contributed by atoms with E-state index in [1.54, 1.807) is 18.3 Å². The minimum absolute atomic E-state index is 0.198. The summed E-state index contributed by atoms with van der Waals surface area (Å²) >= 11 is 0. The van der Waals surface area contributed by atoms with E-state index in [0.717, 1.165) is 24.5 Å². The molecule has 2 heterocycles. The highest BCUT2D eigenvalue weighted by molar-refractivity contribution is 6.07. The van der Waals surface area contributed by atoms with Gasteiger partial charge >= 0.3 is 0 Å². The molecule has 3 rings (SSSR count). The molecule has 0 atom stereocenters. The highest BCUT2D eigenvalue weighted by Gasteiger charge is 2.18. The molecule has 2 aromatic rings. The first-order chi connectivity index (χ1) is 11.8. The summed E-state index contributed by atoms with van der Waals surface area (Å²) < 4.78 is 5.46. The topological polar surface area (TPSA) is 54.5 Å². The molecule has 1 aromatic carbocycles. The average Bonchev–Trinajstić information content (AvgIpc) is 2.63. The SMILES string of the molecule is CCOc1ncccc1C(=O)Nc1ccccc1N1CCCCC1. The molecule has 1 saturated heterocycles. The Hall–Kier alpha value is -2.56. The number of amides is 1. The molecule has 1 aliphatic rings. The van der Waals surface area contributed by atoms with Gasteiger partial charge in [-0.15, -0.1) is 0 Å². The van der Waals surface area contributed by atoms with E-state index < -0.39 is 0 Å². The van der Waals surface area contributed by atoms with Gasteiger partial charge in [0.1, 0.15) is 5.56 Å². The Balaban J connectivity index is 1.82. The lowest BCUT2D eigenvalue weighted by atomic mass is 10.1. The molecule has 0 bridgehead atoms. The Bertz CT molecular complexity index is 697. The maximum absolute atomic E-state index is 12.7. The van der Waals surface area contributed by atoms with Crippen molar-refractivity contribution in [3.8, 4) is 5.88 Å². The maximum atomic E-state index is 12.7. The van der Waals surface area contributed by atoms with E-state index in [9.17, 15) is 4.79 Å². The van der Waals surface area contributed by atoms with Gasteiger partial charge < -0.3 is 15.0 Å². The second-order valence-electron chi connectivity index (χ2n) is 5.81. The van der Waals surface area contributed by atoms with E-state index in [2.05, 4.69) is 21.3 Å². The van der Waals surface area contributed by atoms with E-state index in [1.807, 2.05) is 25.1 Å². The minimum atomic E-state index is -0.198. The molecule has 0 unspecified atom stereocenters. The van der Waals surface area contributed by atoms with Crippen LogP contribution in [0.2, 0.25) is 0 Å². The van der Waals surface area contributed by atoms with Crippen LogP contribution in [0.3, 0.4) is 0 Å². The largest absolute Gasteiger partial charge is 0.477 e. The summed E-state index contributed by atoms with van der Waals surface area (Å²) in [4.78, 5) is 19.2. The Morgan fingerprint density at radius 3 is 2.75 bits per heavy atom. The van der Waals surface area contributed by atoms with Gasteiger partial charge in [-0.1, -0.05) is 12.1 Å². The molecule has 1 fully saturated rings. The summed E-state index contributed by atoms with van der Waals surface area (Å²) in [5.74, 6) is 0.170. The van der Waals surface area contributed by atoms with Crippen molar-refractivity contribution in [3.05, 3.63) is 48.2 Å². The molecule has 1 N–H and O–H groups in total. The van der Waals surface area contributed by atoms with E-state index >= 15 is 0 Å². The van der Waals surface area contributed by atoms with Crippen molar-refractivity contribution in [2.24, 2.45) is 0 Å². The second kappa shape index (κ2) is 7.81. The number of aromatic nitrogens is 1. The predicted octanol–water partition coefficient (Wildman–Crippen LogP) is 3.72. The lowest BCUT2D eigenvalue weighted by Gasteiger charge is -2.30. The summed E-state index contributed by atoms with van der Waals surface area (Å²) in [6.07, 6.45) is 5.29. The number of hydrogen-bond acceptors (Lipinski definition) is 4. The van der Waals surface area contributed by atoms with Crippen molar-refractivity contribution >= 4 is 17.3 Å². The predicted molar refractivity (Wildman–Crippen MR) is 95.9 cm³/mol. The number of nitrogens with zero attached hydrogens (tertiary/aromatic N) is 2. The highest BCUT2D eigenvalue weighted by Crippen LogP contribution is 2.29. The lowest BCUT2D eigenvalue weighted by molar-refractivity contribution is 0.102. The van der Waals surface area contributed by atoms with Crippen LogP contribution in [0.5, 0.6) is 5.88 Å². The fourth-order valence-electron chi connectivity index (χ4n) is 2.99. The van der Waals surface area contributed by atoms with Gasteiger partial charge in [0, 0.05) is 19.3 Å². The van der Waals surface area contributed by atoms with Gasteiger partial charge in [-0.25, -0.2) is 4.98 Å². The molecular weight excluding hydrogens is 302 g/mol. The van der Waals surface area contributed by atoms with Gasteiger partial charge in [-0.05, 0) is 50.5 Å². The van der Waals surface area contributed by atoms with Crippen molar-refractivity contribution in [1.29, 1.82) is 0 Å². The van der Waals surface area contributed by atoms with Crippen LogP contribution in [-0.2, 0) is 0 Å². The molecule has 0 spiro atoms. The highest BCUT2D eigenvalue weighted by atomic mass is 16.5. The minimum Gasteiger partial charge on any atom is -0.477 e. The quantitative estimate of drug-likeness (QED) is 0.910. The Kier molecular flexibility index (Phi) is 5.31.